The van der Waals surface area contributed by atoms with Crippen LogP contribution in [0.4, 0.5) is 0 Å². The summed E-state index contributed by atoms with van der Waals surface area (Å²) in [7, 11) is 1.76. The Balaban J connectivity index is 0.767. The Kier molecular flexibility index (Phi) is 16.9. The van der Waals surface area contributed by atoms with Gasteiger partial charge in [-0.2, -0.15) is 0 Å². The van der Waals surface area contributed by atoms with Crippen molar-refractivity contribution < 1.29 is 43.3 Å². The number of benzene rings is 4. The Morgan fingerprint density at radius 2 is 1.64 bits per heavy atom. The smallest absolute Gasteiger partial charge is 0.257 e. The third-order valence-electron chi connectivity index (χ3n) is 13.5. The summed E-state index contributed by atoms with van der Waals surface area (Å²) >= 11 is 1.56. The molecule has 0 spiro atoms. The van der Waals surface area contributed by atoms with Crippen LogP contribution < -0.4 is 14.8 Å². The zero-order valence-electron chi connectivity index (χ0n) is 42.2. The number of ether oxygens (including phenoxy) is 3. The first-order valence-corrected chi connectivity index (χ1v) is 25.7. The molecule has 1 fully saturated rings. The average Bonchev–Trinajstić information content (AvgIpc) is 4.20. The largest absolute Gasteiger partial charge is 0.508 e. The van der Waals surface area contributed by atoms with Crippen molar-refractivity contribution in [2.24, 2.45) is 10.9 Å². The van der Waals surface area contributed by atoms with Gasteiger partial charge in [0.1, 0.15) is 36.5 Å². The van der Waals surface area contributed by atoms with Gasteiger partial charge in [0.05, 0.1) is 41.4 Å². The molecule has 8 rings (SSSR count). The van der Waals surface area contributed by atoms with E-state index in [4.69, 9.17) is 23.7 Å². The van der Waals surface area contributed by atoms with Crippen LogP contribution in [-0.2, 0) is 24.7 Å². The Labute approximate surface area is 430 Å². The molecule has 6 aromatic rings. The van der Waals surface area contributed by atoms with Crippen LogP contribution in [-0.4, -0.2) is 112 Å². The van der Waals surface area contributed by atoms with Crippen LogP contribution in [0.5, 0.6) is 17.4 Å². The molecule has 15 nitrogen and oxygen atoms in total. The molecule has 4 aromatic carbocycles. The van der Waals surface area contributed by atoms with E-state index in [9.17, 15) is 24.6 Å². The second-order valence-electron chi connectivity index (χ2n) is 18.9. The minimum absolute atomic E-state index is 0.0155. The van der Waals surface area contributed by atoms with Gasteiger partial charge in [-0.15, -0.1) is 11.3 Å². The summed E-state index contributed by atoms with van der Waals surface area (Å²) in [5.41, 5.74) is 8.71. The Bertz CT molecular complexity index is 2900. The summed E-state index contributed by atoms with van der Waals surface area (Å²) in [6.45, 7) is 11.3. The van der Waals surface area contributed by atoms with Crippen LogP contribution in [0.3, 0.4) is 0 Å². The minimum atomic E-state index is -1.22. The van der Waals surface area contributed by atoms with Crippen molar-refractivity contribution in [3.8, 4) is 27.8 Å². The molecule has 0 aliphatic carbocycles. The molecule has 2 aromatic heterocycles. The highest BCUT2D eigenvalue weighted by Gasteiger charge is 2.48. The maximum Gasteiger partial charge on any atom is 0.257 e. The number of hydrogen-bond acceptors (Lipinski definition) is 13. The van der Waals surface area contributed by atoms with Crippen LogP contribution in [0, 0.1) is 12.8 Å². The van der Waals surface area contributed by atoms with E-state index in [2.05, 4.69) is 34.5 Å². The lowest BCUT2D eigenvalue weighted by molar-refractivity contribution is -0.134. The van der Waals surface area contributed by atoms with Gasteiger partial charge in [0.25, 0.3) is 11.8 Å². The normalized spacial score (nSPS) is 18.3. The number of aromatic hydroxyl groups is 1. The number of amidine groups is 1. The number of β-amino-alcohol motifs (C(OH)–C–C–N with tert-alkyl or cyclic N) is 1. The van der Waals surface area contributed by atoms with Gasteiger partial charge in [0.15, 0.2) is 11.3 Å². The lowest BCUT2D eigenvalue weighted by Gasteiger charge is -2.29. The number of aryl methyl sites for hydroxylation is 1. The molecule has 382 valence electrons. The first-order valence-electron chi connectivity index (χ1n) is 24.9. The first-order chi connectivity index (χ1) is 35.2. The number of amides is 3. The van der Waals surface area contributed by atoms with Crippen molar-refractivity contribution in [1.29, 1.82) is 0 Å². The Morgan fingerprint density at radius 3 is 2.32 bits per heavy atom. The number of allylic oxidation sites excluding steroid dienone is 1. The summed E-state index contributed by atoms with van der Waals surface area (Å²) in [4.78, 5) is 54.3. The van der Waals surface area contributed by atoms with E-state index in [1.165, 1.54) is 5.57 Å². The SMILES string of the molecule is CC/C(=C(/c1ccc(O)cc1)c1ccc(OCCN(C)C(=O)CCCOCCOc2cc(C(C(=O)N3C[C@H](O)C[C@@H]3C3=N[C@@](C)(c4ccc(-c5scnc5C)cc4)C(=O)N3)C(C)C)on2)cc1)c1ccccc1. The molecule has 2 aliphatic heterocycles. The highest BCUT2D eigenvalue weighted by molar-refractivity contribution is 7.13. The molecule has 16 heteroatoms. The standard InChI is InChI=1S/C57H64N6O9S/c1-7-46(38-12-9-8-10-13-38)52(39-17-23-43(64)24-18-39)40-19-25-45(26-20-40)70-29-27-62(6)50(66)14-11-28-69-30-31-71-49-33-48(72-61-49)51(36(2)3)55(67)63-34-44(65)32-47(63)54-59-56(68)57(5,60-54)42-21-15-41(16-22-42)53-37(4)58-35-73-53/h8-10,12-13,15-26,33,35-36,44,47,51,64-65H,7,11,14,27-32,34H2,1-6H3,(H,59,60,68)/b52-46+/t44-,47-,51?,57+/m1/s1. The molecule has 4 atom stereocenters. The quantitative estimate of drug-likeness (QED) is 0.0435. The minimum Gasteiger partial charge on any atom is -0.508 e. The third kappa shape index (κ3) is 12.2. The topological polar surface area (TPSA) is 189 Å². The summed E-state index contributed by atoms with van der Waals surface area (Å²) in [5, 5.41) is 27.8. The number of phenols is 1. The Morgan fingerprint density at radius 1 is 0.932 bits per heavy atom. The second kappa shape index (κ2) is 23.6. The van der Waals surface area contributed by atoms with Gasteiger partial charge in [-0.25, -0.2) is 9.98 Å². The molecular weight excluding hydrogens is 945 g/mol. The highest BCUT2D eigenvalue weighted by Crippen LogP contribution is 2.38. The average molecular weight is 1010 g/mol. The number of aliphatic hydroxyl groups excluding tert-OH is 1. The second-order valence-corrected chi connectivity index (χ2v) is 19.8. The molecule has 4 heterocycles. The van der Waals surface area contributed by atoms with Gasteiger partial charge in [-0.1, -0.05) is 99.6 Å². The molecule has 0 bridgehead atoms. The summed E-state index contributed by atoms with van der Waals surface area (Å²) in [6.07, 6.45) is 1.07. The molecule has 0 radical (unpaired) electrons. The van der Waals surface area contributed by atoms with Crippen LogP contribution >= 0.6 is 11.3 Å². The van der Waals surface area contributed by atoms with E-state index >= 15 is 0 Å². The van der Waals surface area contributed by atoms with Crippen molar-refractivity contribution in [3.63, 3.8) is 0 Å². The molecule has 73 heavy (non-hydrogen) atoms. The van der Waals surface area contributed by atoms with E-state index in [0.29, 0.717) is 55.5 Å². The van der Waals surface area contributed by atoms with Crippen LogP contribution in [0.15, 0.2) is 124 Å². The van der Waals surface area contributed by atoms with Crippen molar-refractivity contribution in [2.75, 3.05) is 46.6 Å². The summed E-state index contributed by atoms with van der Waals surface area (Å²) in [6, 6.07) is 34.2. The van der Waals surface area contributed by atoms with Gasteiger partial charge < -0.3 is 44.1 Å². The number of hydrogen-bond donors (Lipinski definition) is 3. The van der Waals surface area contributed by atoms with Gasteiger partial charge in [0, 0.05) is 39.1 Å². The number of aliphatic imine (C=N–C) groups is 1. The van der Waals surface area contributed by atoms with Crippen LogP contribution in [0.2, 0.25) is 0 Å². The molecule has 3 amide bonds. The first kappa shape index (κ1) is 52.2. The van der Waals surface area contributed by atoms with Gasteiger partial charge in [-0.3, -0.25) is 14.4 Å². The zero-order valence-corrected chi connectivity index (χ0v) is 43.1. The summed E-state index contributed by atoms with van der Waals surface area (Å²) in [5.74, 6) is 0.220. The maximum atomic E-state index is 14.4. The fraction of sp³-hybridized carbons (Fsp3) is 0.368. The predicted octanol–water partition coefficient (Wildman–Crippen LogP) is 9.04. The van der Waals surface area contributed by atoms with Gasteiger partial charge in [-0.05, 0) is 101 Å². The summed E-state index contributed by atoms with van der Waals surface area (Å²) < 4.78 is 23.3. The number of rotatable bonds is 22. The number of nitrogens with zero attached hydrogens (tertiary/aromatic N) is 5. The molecule has 3 N–H and O–H groups in total. The van der Waals surface area contributed by atoms with E-state index in [1.807, 2.05) is 99.6 Å². The van der Waals surface area contributed by atoms with Crippen molar-refractivity contribution in [3.05, 3.63) is 148 Å². The fourth-order valence-electron chi connectivity index (χ4n) is 9.43. The van der Waals surface area contributed by atoms with E-state index < -0.39 is 23.6 Å². The number of nitrogens with one attached hydrogen (secondary N) is 1. The fourth-order valence-corrected chi connectivity index (χ4v) is 10.2. The van der Waals surface area contributed by atoms with Crippen molar-refractivity contribution >= 4 is 46.0 Å². The lowest BCUT2D eigenvalue weighted by Crippen LogP contribution is -2.48. The van der Waals surface area contributed by atoms with Crippen molar-refractivity contribution in [2.45, 2.75) is 83.9 Å². The van der Waals surface area contributed by atoms with Gasteiger partial charge in [0.2, 0.25) is 11.8 Å². The monoisotopic (exact) mass is 1010 g/mol. The number of thiazole rings is 1. The highest BCUT2D eigenvalue weighted by atomic mass is 32.1. The van der Waals surface area contributed by atoms with Crippen molar-refractivity contribution in [1.82, 2.24) is 25.3 Å². The number of aliphatic hydroxyl groups is 1. The lowest BCUT2D eigenvalue weighted by atomic mass is 9.88. The number of phenolic OH excluding ortho intramolecular Hbond substituents is 1. The van der Waals surface area contributed by atoms with E-state index in [-0.39, 0.29) is 61.4 Å². The number of likely N-dealkylation sites (N-methyl/N-ethyl adjacent to an activating group) is 1. The zero-order chi connectivity index (χ0) is 51.6. The number of likely N-dealkylation sites (tertiary alicyclic amines) is 1. The molecule has 1 saturated heterocycles. The number of aromatic nitrogens is 2. The van der Waals surface area contributed by atoms with E-state index in [1.54, 1.807) is 58.8 Å². The number of carbonyl (C=O) groups excluding carboxylic acids is 3. The maximum absolute atomic E-state index is 14.4. The van der Waals surface area contributed by atoms with Crippen LogP contribution in [0.1, 0.15) is 93.0 Å². The molecule has 1 unspecified atom stereocenters. The van der Waals surface area contributed by atoms with E-state index in [0.717, 1.165) is 44.8 Å². The molecular formula is C57H64N6O9S. The predicted molar refractivity (Wildman–Crippen MR) is 281 cm³/mol. The van der Waals surface area contributed by atoms with Gasteiger partial charge >= 0.3 is 0 Å². The van der Waals surface area contributed by atoms with Crippen LogP contribution in [0.25, 0.3) is 21.6 Å². The Hall–Kier alpha value is -7.14. The third-order valence-corrected chi connectivity index (χ3v) is 14.4. The number of carbonyl (C=O) groups is 3. The molecule has 2 aliphatic rings. The molecule has 0 saturated carbocycles.